The second-order valence-corrected chi connectivity index (χ2v) is 4.01. The van der Waals surface area contributed by atoms with E-state index in [2.05, 4.69) is 0 Å². The van der Waals surface area contributed by atoms with Crippen LogP contribution in [0.1, 0.15) is 10.4 Å². The molecular weight excluding hydrogens is 207 g/mol. The quantitative estimate of drug-likeness (QED) is 0.425. The van der Waals surface area contributed by atoms with E-state index in [0.717, 1.165) is 11.3 Å². The monoisotopic (exact) mass is 208 g/mol. The maximum absolute atomic E-state index is 10.7. The number of hydrogen-bond acceptors (Lipinski definition) is 3. The first-order valence-corrected chi connectivity index (χ1v) is 4.16. The number of carbonyl (C=O) groups excluding carboxylic acids is 2. The first-order valence-electron chi connectivity index (χ1n) is 2.59. The number of Topliss-reactive ketones (excluding diaryl/α,β-unsaturated/α-hetero) is 1. The molecule has 0 atom stereocenters. The Balaban J connectivity index is 3.12. The smallest absolute Gasteiger partial charge is 0.227 e. The van der Waals surface area contributed by atoms with Crippen LogP contribution < -0.4 is 0 Å². The lowest BCUT2D eigenvalue weighted by Crippen LogP contribution is -1.97. The summed E-state index contributed by atoms with van der Waals surface area (Å²) in [5.74, 6) is -0.641. The van der Waals surface area contributed by atoms with Gasteiger partial charge in [0.2, 0.25) is 5.78 Å². The van der Waals surface area contributed by atoms with Crippen molar-refractivity contribution in [2.24, 2.45) is 0 Å². The second kappa shape index (κ2) is 3.34. The van der Waals surface area contributed by atoms with E-state index < -0.39 is 5.78 Å². The minimum absolute atomic E-state index is 0.177. The van der Waals surface area contributed by atoms with Gasteiger partial charge in [0, 0.05) is 0 Å². The van der Waals surface area contributed by atoms with Crippen LogP contribution >= 0.6 is 34.5 Å². The summed E-state index contributed by atoms with van der Waals surface area (Å²) in [6, 6.07) is 1.38. The van der Waals surface area contributed by atoms with Gasteiger partial charge in [-0.1, -0.05) is 23.2 Å². The molecule has 11 heavy (non-hydrogen) atoms. The van der Waals surface area contributed by atoms with E-state index in [-0.39, 0.29) is 16.2 Å². The lowest BCUT2D eigenvalue weighted by Gasteiger charge is -1.84. The summed E-state index contributed by atoms with van der Waals surface area (Å²) in [5, 5.41) is 0. The van der Waals surface area contributed by atoms with Gasteiger partial charge >= 0.3 is 0 Å². The maximum atomic E-state index is 10.7. The maximum Gasteiger partial charge on any atom is 0.227 e. The Morgan fingerprint density at radius 3 is 2.55 bits per heavy atom. The minimum Gasteiger partial charge on any atom is -0.294 e. The molecule has 0 saturated heterocycles. The number of halogens is 2. The molecule has 0 saturated carbocycles. The molecule has 0 bridgehead atoms. The molecule has 0 unspecified atom stereocenters. The molecule has 0 fully saturated rings. The molecule has 1 rings (SSSR count). The molecular formula is C6H2Cl2O2S. The Bertz CT molecular complexity index is 306. The summed E-state index contributed by atoms with van der Waals surface area (Å²) in [4.78, 5) is 20.8. The molecule has 0 amide bonds. The molecule has 0 aliphatic carbocycles. The lowest BCUT2D eigenvalue weighted by atomic mass is 10.2. The fourth-order valence-corrected chi connectivity index (χ4v) is 2.05. The normalized spacial score (nSPS) is 9.64. The lowest BCUT2D eigenvalue weighted by molar-refractivity contribution is -0.104. The minimum atomic E-state index is -0.641. The number of rotatable bonds is 2. The summed E-state index contributed by atoms with van der Waals surface area (Å²) < 4.78 is 0.660. The van der Waals surface area contributed by atoms with Crippen molar-refractivity contribution in [3.8, 4) is 0 Å². The van der Waals surface area contributed by atoms with E-state index in [4.69, 9.17) is 23.2 Å². The SMILES string of the molecule is O=CC(=O)c1cc(Cl)sc1Cl. The van der Waals surface area contributed by atoms with Gasteiger partial charge in [0.25, 0.3) is 0 Å². The fraction of sp³-hybridized carbons (Fsp3) is 0. The van der Waals surface area contributed by atoms with E-state index in [9.17, 15) is 9.59 Å². The van der Waals surface area contributed by atoms with Crippen LogP contribution in [0, 0.1) is 0 Å². The molecule has 5 heteroatoms. The van der Waals surface area contributed by atoms with Crippen molar-refractivity contribution >= 4 is 46.6 Å². The van der Waals surface area contributed by atoms with Gasteiger partial charge in [-0.15, -0.1) is 11.3 Å². The molecule has 1 heterocycles. The summed E-state index contributed by atoms with van der Waals surface area (Å²) in [6.07, 6.45) is 0.213. The molecule has 2 nitrogen and oxygen atoms in total. The Labute approximate surface area is 76.7 Å². The standard InChI is InChI=1S/C6H2Cl2O2S/c7-5-1-3(4(10)2-9)6(8)11-5/h1-2H. The predicted molar refractivity (Wildman–Crippen MR) is 44.7 cm³/mol. The second-order valence-electron chi connectivity index (χ2n) is 1.72. The van der Waals surface area contributed by atoms with Crippen LogP contribution in [0.15, 0.2) is 6.07 Å². The van der Waals surface area contributed by atoms with E-state index in [1.54, 1.807) is 0 Å². The van der Waals surface area contributed by atoms with E-state index in [1.165, 1.54) is 6.07 Å². The van der Waals surface area contributed by atoms with Gasteiger partial charge in [0.15, 0.2) is 6.29 Å². The number of hydrogen-bond donors (Lipinski definition) is 0. The van der Waals surface area contributed by atoms with Crippen molar-refractivity contribution in [2.45, 2.75) is 0 Å². The van der Waals surface area contributed by atoms with Crippen molar-refractivity contribution in [3.63, 3.8) is 0 Å². The van der Waals surface area contributed by atoms with Crippen molar-refractivity contribution in [1.29, 1.82) is 0 Å². The number of carbonyl (C=O) groups is 2. The van der Waals surface area contributed by atoms with Gasteiger partial charge < -0.3 is 0 Å². The topological polar surface area (TPSA) is 34.1 Å². The zero-order chi connectivity index (χ0) is 8.43. The Morgan fingerprint density at radius 1 is 1.55 bits per heavy atom. The largest absolute Gasteiger partial charge is 0.294 e. The van der Waals surface area contributed by atoms with Crippen LogP contribution in [0.5, 0.6) is 0 Å². The van der Waals surface area contributed by atoms with Crippen LogP contribution in [0.2, 0.25) is 8.67 Å². The van der Waals surface area contributed by atoms with Crippen LogP contribution in [0.25, 0.3) is 0 Å². The summed E-state index contributed by atoms with van der Waals surface area (Å²) in [5.41, 5.74) is 0.177. The Morgan fingerprint density at radius 2 is 2.18 bits per heavy atom. The molecule has 1 aromatic heterocycles. The van der Waals surface area contributed by atoms with Gasteiger partial charge in [0.1, 0.15) is 4.34 Å². The van der Waals surface area contributed by atoms with Gasteiger partial charge in [0.05, 0.1) is 9.90 Å². The Kier molecular flexibility index (Phi) is 2.65. The molecule has 0 aliphatic heterocycles. The highest BCUT2D eigenvalue weighted by molar-refractivity contribution is 7.20. The van der Waals surface area contributed by atoms with Gasteiger partial charge in [-0.25, -0.2) is 0 Å². The van der Waals surface area contributed by atoms with E-state index in [0.29, 0.717) is 4.34 Å². The van der Waals surface area contributed by atoms with Crippen molar-refractivity contribution in [3.05, 3.63) is 20.3 Å². The summed E-state index contributed by atoms with van der Waals surface area (Å²) in [6.45, 7) is 0. The van der Waals surface area contributed by atoms with Gasteiger partial charge in [-0.3, -0.25) is 9.59 Å². The van der Waals surface area contributed by atoms with Crippen molar-refractivity contribution < 1.29 is 9.59 Å². The highest BCUT2D eigenvalue weighted by Gasteiger charge is 2.12. The van der Waals surface area contributed by atoms with Crippen LogP contribution in [-0.2, 0) is 4.79 Å². The average Bonchev–Trinajstić information content (AvgIpc) is 2.28. The number of aldehydes is 1. The van der Waals surface area contributed by atoms with Crippen LogP contribution in [-0.4, -0.2) is 12.1 Å². The molecule has 1 aromatic rings. The zero-order valence-electron chi connectivity index (χ0n) is 5.14. The molecule has 0 radical (unpaired) electrons. The van der Waals surface area contributed by atoms with Gasteiger partial charge in [-0.05, 0) is 6.07 Å². The van der Waals surface area contributed by atoms with Crippen LogP contribution in [0.4, 0.5) is 0 Å². The van der Waals surface area contributed by atoms with E-state index >= 15 is 0 Å². The third kappa shape index (κ3) is 1.80. The number of ketones is 1. The van der Waals surface area contributed by atoms with Gasteiger partial charge in [-0.2, -0.15) is 0 Å². The molecule has 0 aliphatic rings. The Hall–Kier alpha value is -0.380. The highest BCUT2D eigenvalue weighted by Crippen LogP contribution is 2.30. The first-order chi connectivity index (χ1) is 5.15. The molecule has 0 spiro atoms. The van der Waals surface area contributed by atoms with E-state index in [1.807, 2.05) is 0 Å². The summed E-state index contributed by atoms with van der Waals surface area (Å²) >= 11 is 12.2. The first kappa shape index (κ1) is 8.71. The third-order valence-electron chi connectivity index (χ3n) is 1.03. The molecule has 58 valence electrons. The number of thiophene rings is 1. The summed E-state index contributed by atoms with van der Waals surface area (Å²) in [7, 11) is 0. The van der Waals surface area contributed by atoms with Crippen LogP contribution in [0.3, 0.4) is 0 Å². The average molecular weight is 209 g/mol. The molecule has 0 N–H and O–H groups in total. The van der Waals surface area contributed by atoms with Crippen molar-refractivity contribution in [2.75, 3.05) is 0 Å². The van der Waals surface area contributed by atoms with Crippen molar-refractivity contribution in [1.82, 2.24) is 0 Å². The zero-order valence-corrected chi connectivity index (χ0v) is 7.46. The predicted octanol–water partition coefficient (Wildman–Crippen LogP) is 2.44. The fourth-order valence-electron chi connectivity index (χ4n) is 0.572. The third-order valence-corrected chi connectivity index (χ3v) is 2.52. The highest BCUT2D eigenvalue weighted by atomic mass is 35.5. The molecule has 0 aromatic carbocycles.